The fourth-order valence-corrected chi connectivity index (χ4v) is 1.17. The highest BCUT2D eigenvalue weighted by Gasteiger charge is 2.38. The highest BCUT2D eigenvalue weighted by molar-refractivity contribution is 6.20. The Morgan fingerprint density at radius 3 is 2.57 bits per heavy atom. The van der Waals surface area contributed by atoms with Crippen LogP contribution in [0.15, 0.2) is 4.52 Å². The quantitative estimate of drug-likeness (QED) is 0.746. The summed E-state index contributed by atoms with van der Waals surface area (Å²) in [6.07, 6.45) is -3.35. The molecule has 1 rings (SSSR count). The van der Waals surface area contributed by atoms with Crippen LogP contribution in [0.1, 0.15) is 36.9 Å². The van der Waals surface area contributed by atoms with Gasteiger partial charge >= 0.3 is 12.1 Å². The topological polar surface area (TPSA) is 38.9 Å². The molecule has 80 valence electrons. The smallest absolute Gasteiger partial charge is 0.329 e. The third-order valence-corrected chi connectivity index (χ3v) is 1.92. The Bertz CT molecular complexity index is 299. The molecule has 0 saturated carbocycles. The molecule has 0 aliphatic heterocycles. The number of aromatic nitrogens is 2. The predicted molar refractivity (Wildman–Crippen MR) is 42.8 cm³/mol. The molecule has 0 aliphatic carbocycles. The van der Waals surface area contributed by atoms with E-state index in [0.29, 0.717) is 6.42 Å². The van der Waals surface area contributed by atoms with Gasteiger partial charge in [-0.1, -0.05) is 18.5 Å². The molecule has 0 aromatic carbocycles. The van der Waals surface area contributed by atoms with Crippen molar-refractivity contribution in [2.45, 2.75) is 31.3 Å². The van der Waals surface area contributed by atoms with Crippen molar-refractivity contribution in [3.63, 3.8) is 0 Å². The fraction of sp³-hybridized carbons (Fsp3) is 0.714. The van der Waals surface area contributed by atoms with Crippen molar-refractivity contribution < 1.29 is 17.7 Å². The van der Waals surface area contributed by atoms with Crippen LogP contribution in [-0.4, -0.2) is 10.1 Å². The second kappa shape index (κ2) is 4.16. The first-order chi connectivity index (χ1) is 6.45. The second-order valence-corrected chi connectivity index (χ2v) is 3.24. The maximum Gasteiger partial charge on any atom is 0.471 e. The zero-order valence-electron chi connectivity index (χ0n) is 7.31. The van der Waals surface area contributed by atoms with Crippen LogP contribution in [0.5, 0.6) is 0 Å². The van der Waals surface area contributed by atoms with E-state index < -0.39 is 17.4 Å². The van der Waals surface area contributed by atoms with Gasteiger partial charge in [0.15, 0.2) is 5.82 Å². The second-order valence-electron chi connectivity index (χ2n) is 2.71. The van der Waals surface area contributed by atoms with Crippen LogP contribution in [0.25, 0.3) is 0 Å². The van der Waals surface area contributed by atoms with E-state index in [0.717, 1.165) is 6.42 Å². The normalized spacial score (nSPS) is 14.4. The molecule has 0 N–H and O–H groups in total. The van der Waals surface area contributed by atoms with Gasteiger partial charge in [-0.3, -0.25) is 0 Å². The van der Waals surface area contributed by atoms with E-state index in [-0.39, 0.29) is 5.82 Å². The van der Waals surface area contributed by atoms with Gasteiger partial charge < -0.3 is 4.52 Å². The van der Waals surface area contributed by atoms with Crippen molar-refractivity contribution in [3.05, 3.63) is 11.7 Å². The van der Waals surface area contributed by atoms with E-state index in [1.165, 1.54) is 0 Å². The maximum atomic E-state index is 12.0. The lowest BCUT2D eigenvalue weighted by molar-refractivity contribution is -0.159. The average Bonchev–Trinajstić information content (AvgIpc) is 2.51. The maximum absolute atomic E-state index is 12.0. The van der Waals surface area contributed by atoms with E-state index in [1.807, 2.05) is 6.92 Å². The first-order valence-electron chi connectivity index (χ1n) is 4.00. The number of rotatable bonds is 3. The lowest BCUT2D eigenvalue weighted by Gasteiger charge is -2.00. The van der Waals surface area contributed by atoms with Crippen molar-refractivity contribution in [2.75, 3.05) is 0 Å². The summed E-state index contributed by atoms with van der Waals surface area (Å²) in [5.74, 6) is -1.46. The molecule has 3 nitrogen and oxygen atoms in total. The summed E-state index contributed by atoms with van der Waals surface area (Å²) in [4.78, 5) is 3.17. The Hall–Kier alpha value is -0.780. The summed E-state index contributed by atoms with van der Waals surface area (Å²) in [6.45, 7) is 1.86. The summed E-state index contributed by atoms with van der Waals surface area (Å²) in [7, 11) is 0. The SMILES string of the molecule is CCCC(Cl)c1noc(C(F)(F)F)n1. The van der Waals surface area contributed by atoms with Crippen LogP contribution in [0.3, 0.4) is 0 Å². The molecule has 0 amide bonds. The minimum atomic E-state index is -4.60. The molecule has 7 heteroatoms. The standard InChI is InChI=1S/C7H8ClF3N2O/c1-2-3-4(8)5-12-6(14-13-5)7(9,10)11/h4H,2-3H2,1H3. The highest BCUT2D eigenvalue weighted by atomic mass is 35.5. The summed E-state index contributed by atoms with van der Waals surface area (Å²) in [5, 5.41) is 2.54. The molecule has 0 aliphatic rings. The van der Waals surface area contributed by atoms with Gasteiger partial charge in [-0.25, -0.2) is 0 Å². The molecule has 0 radical (unpaired) electrons. The van der Waals surface area contributed by atoms with Gasteiger partial charge in [-0.15, -0.1) is 11.6 Å². The third-order valence-electron chi connectivity index (χ3n) is 1.51. The van der Waals surface area contributed by atoms with E-state index in [9.17, 15) is 13.2 Å². The summed E-state index contributed by atoms with van der Waals surface area (Å²) in [5.41, 5.74) is 0. The largest absolute Gasteiger partial charge is 0.471 e. The van der Waals surface area contributed by atoms with Crippen LogP contribution in [-0.2, 0) is 6.18 Å². The molecular weight excluding hydrogens is 221 g/mol. The number of hydrogen-bond acceptors (Lipinski definition) is 3. The Kier molecular flexibility index (Phi) is 3.36. The molecule has 0 bridgehead atoms. The minimum absolute atomic E-state index is 0.110. The Balaban J connectivity index is 2.78. The van der Waals surface area contributed by atoms with Crippen molar-refractivity contribution >= 4 is 11.6 Å². The molecule has 0 saturated heterocycles. The summed E-state index contributed by atoms with van der Waals surface area (Å²) in [6, 6.07) is 0. The fourth-order valence-electron chi connectivity index (χ4n) is 0.860. The van der Waals surface area contributed by atoms with Gasteiger partial charge in [-0.05, 0) is 6.42 Å². The molecule has 14 heavy (non-hydrogen) atoms. The number of nitrogens with zero attached hydrogens (tertiary/aromatic N) is 2. The van der Waals surface area contributed by atoms with Crippen LogP contribution in [0, 0.1) is 0 Å². The van der Waals surface area contributed by atoms with Gasteiger partial charge in [0, 0.05) is 0 Å². The molecule has 0 spiro atoms. The van der Waals surface area contributed by atoms with Crippen molar-refractivity contribution in [2.24, 2.45) is 0 Å². The van der Waals surface area contributed by atoms with Crippen LogP contribution in [0.2, 0.25) is 0 Å². The first-order valence-corrected chi connectivity index (χ1v) is 4.43. The van der Waals surface area contributed by atoms with Crippen molar-refractivity contribution in [1.82, 2.24) is 10.1 Å². The predicted octanol–water partition coefficient (Wildman–Crippen LogP) is 3.17. The minimum Gasteiger partial charge on any atom is -0.329 e. The van der Waals surface area contributed by atoms with Gasteiger partial charge in [-0.2, -0.15) is 18.2 Å². The van der Waals surface area contributed by atoms with Crippen LogP contribution >= 0.6 is 11.6 Å². The van der Waals surface area contributed by atoms with Gasteiger partial charge in [0.2, 0.25) is 0 Å². The average molecular weight is 229 g/mol. The lowest BCUT2D eigenvalue weighted by atomic mass is 10.2. The molecule has 1 aromatic rings. The van der Waals surface area contributed by atoms with Gasteiger partial charge in [0.1, 0.15) is 0 Å². The van der Waals surface area contributed by atoms with E-state index >= 15 is 0 Å². The van der Waals surface area contributed by atoms with E-state index in [4.69, 9.17) is 11.6 Å². The van der Waals surface area contributed by atoms with E-state index in [2.05, 4.69) is 14.7 Å². The summed E-state index contributed by atoms with van der Waals surface area (Å²) < 4.78 is 40.1. The molecule has 1 heterocycles. The van der Waals surface area contributed by atoms with Gasteiger partial charge in [0.05, 0.1) is 5.38 Å². The molecular formula is C7H8ClF3N2O. The third kappa shape index (κ3) is 2.60. The van der Waals surface area contributed by atoms with E-state index in [1.54, 1.807) is 0 Å². The molecule has 1 unspecified atom stereocenters. The first kappa shape index (κ1) is 11.3. The Morgan fingerprint density at radius 2 is 2.14 bits per heavy atom. The van der Waals surface area contributed by atoms with Crippen LogP contribution < -0.4 is 0 Å². The molecule has 1 aromatic heterocycles. The Labute approximate surface area is 83.2 Å². The lowest BCUT2D eigenvalue weighted by Crippen LogP contribution is -2.05. The number of alkyl halides is 4. The zero-order chi connectivity index (χ0) is 10.8. The Morgan fingerprint density at radius 1 is 1.50 bits per heavy atom. The van der Waals surface area contributed by atoms with Crippen molar-refractivity contribution in [3.8, 4) is 0 Å². The highest BCUT2D eigenvalue weighted by Crippen LogP contribution is 2.30. The van der Waals surface area contributed by atoms with Crippen LogP contribution in [0.4, 0.5) is 13.2 Å². The zero-order valence-corrected chi connectivity index (χ0v) is 8.06. The van der Waals surface area contributed by atoms with Gasteiger partial charge in [0.25, 0.3) is 0 Å². The van der Waals surface area contributed by atoms with Crippen molar-refractivity contribution in [1.29, 1.82) is 0 Å². The molecule has 1 atom stereocenters. The number of halogens is 4. The summed E-state index contributed by atoms with van der Waals surface area (Å²) >= 11 is 5.72. The monoisotopic (exact) mass is 228 g/mol. The molecule has 0 fully saturated rings. The number of hydrogen-bond donors (Lipinski definition) is 0.